The van der Waals surface area contributed by atoms with Crippen LogP contribution >= 0.6 is 11.8 Å². The fourth-order valence-electron chi connectivity index (χ4n) is 5.14. The van der Waals surface area contributed by atoms with Crippen LogP contribution in [-0.2, 0) is 16.0 Å². The number of rotatable bonds is 10. The van der Waals surface area contributed by atoms with Gasteiger partial charge in [0.05, 0.1) is 6.04 Å². The fourth-order valence-corrected chi connectivity index (χ4v) is 5.55. The zero-order valence-corrected chi connectivity index (χ0v) is 20.3. The molecule has 4 nitrogen and oxygen atoms in total. The van der Waals surface area contributed by atoms with Crippen LogP contribution in [0.1, 0.15) is 57.4 Å². The average Bonchev–Trinajstić information content (AvgIpc) is 3.13. The van der Waals surface area contributed by atoms with Crippen molar-refractivity contribution in [3.8, 4) is 0 Å². The average molecular weight is 453 g/mol. The van der Waals surface area contributed by atoms with Gasteiger partial charge in [0.15, 0.2) is 0 Å². The van der Waals surface area contributed by atoms with Crippen LogP contribution in [0.2, 0.25) is 0 Å². The van der Waals surface area contributed by atoms with E-state index >= 15 is 0 Å². The molecule has 5 heteroatoms. The summed E-state index contributed by atoms with van der Waals surface area (Å²) in [5.41, 5.74) is 2.17. The molecule has 0 unspecified atom stereocenters. The number of amides is 2. The zero-order chi connectivity index (χ0) is 23.1. The number of nitrogens with one attached hydrogen (secondary N) is 1. The molecule has 1 aromatic carbocycles. The second kappa shape index (κ2) is 11.0. The standard InChI is InChI=1S/C27H36N2O2S/c1-5-7-22-17-20(3)18-23(8-6-2)29(22)26(31)14-16-27(15-13-25(30)28-27)19-21-9-11-24(32-4)12-10-21/h5-6,9-12,17,22-23H,1-2,7-8,13-16,18-19H2,3-4H3,(H,28,30)/t22-,23-,27-/m0/s1. The molecule has 2 aliphatic heterocycles. The zero-order valence-electron chi connectivity index (χ0n) is 19.4. The first-order chi connectivity index (χ1) is 15.4. The molecule has 1 fully saturated rings. The van der Waals surface area contributed by atoms with Crippen molar-refractivity contribution in [1.82, 2.24) is 10.2 Å². The number of benzene rings is 1. The first-order valence-corrected chi connectivity index (χ1v) is 12.8. The summed E-state index contributed by atoms with van der Waals surface area (Å²) in [4.78, 5) is 28.9. The first-order valence-electron chi connectivity index (χ1n) is 11.5. The molecule has 32 heavy (non-hydrogen) atoms. The highest BCUT2D eigenvalue weighted by Crippen LogP contribution is 2.33. The highest BCUT2D eigenvalue weighted by atomic mass is 32.2. The van der Waals surface area contributed by atoms with Crippen molar-refractivity contribution < 1.29 is 9.59 Å². The molecule has 2 amide bonds. The molecule has 3 rings (SSSR count). The van der Waals surface area contributed by atoms with Gasteiger partial charge < -0.3 is 10.2 Å². The normalized spacial score (nSPS) is 25.2. The van der Waals surface area contributed by atoms with Gasteiger partial charge in [0.1, 0.15) is 0 Å². The molecular formula is C27H36N2O2S. The third-order valence-electron chi connectivity index (χ3n) is 6.67. The van der Waals surface area contributed by atoms with Crippen molar-refractivity contribution in [2.24, 2.45) is 0 Å². The molecule has 1 saturated heterocycles. The SMILES string of the molecule is C=CC[C@H]1CC(C)=C[C@H](CC=C)N1C(=O)CC[C@]1(Cc2ccc(SC)cc2)CCC(=O)N1. The summed E-state index contributed by atoms with van der Waals surface area (Å²) in [6.45, 7) is 9.94. The van der Waals surface area contributed by atoms with E-state index < -0.39 is 0 Å². The molecular weight excluding hydrogens is 416 g/mol. The number of nitrogens with zero attached hydrogens (tertiary/aromatic N) is 1. The quantitative estimate of drug-likeness (QED) is 0.379. The number of carbonyl (C=O) groups excluding carboxylic acids is 2. The number of thioether (sulfide) groups is 1. The van der Waals surface area contributed by atoms with Crippen molar-refractivity contribution in [3.05, 3.63) is 66.8 Å². The summed E-state index contributed by atoms with van der Waals surface area (Å²) in [7, 11) is 0. The molecule has 1 N–H and O–H groups in total. The summed E-state index contributed by atoms with van der Waals surface area (Å²) in [6.07, 6.45) is 13.6. The Bertz CT molecular complexity index is 876. The topological polar surface area (TPSA) is 49.4 Å². The van der Waals surface area contributed by atoms with E-state index in [2.05, 4.69) is 62.0 Å². The van der Waals surface area contributed by atoms with Crippen LogP contribution in [0, 0.1) is 0 Å². The van der Waals surface area contributed by atoms with E-state index in [-0.39, 0.29) is 29.4 Å². The maximum absolute atomic E-state index is 13.5. The van der Waals surface area contributed by atoms with E-state index in [1.807, 2.05) is 17.1 Å². The Balaban J connectivity index is 1.75. The van der Waals surface area contributed by atoms with Gasteiger partial charge in [0.2, 0.25) is 11.8 Å². The van der Waals surface area contributed by atoms with E-state index in [9.17, 15) is 9.59 Å². The molecule has 2 heterocycles. The molecule has 0 bridgehead atoms. The molecule has 2 aliphatic rings. The van der Waals surface area contributed by atoms with Gasteiger partial charge in [-0.1, -0.05) is 35.9 Å². The van der Waals surface area contributed by atoms with E-state index in [0.29, 0.717) is 19.3 Å². The molecule has 0 saturated carbocycles. The van der Waals surface area contributed by atoms with Gasteiger partial charge in [-0.25, -0.2) is 0 Å². The molecule has 0 aromatic heterocycles. The molecule has 172 valence electrons. The third kappa shape index (κ3) is 5.94. The highest BCUT2D eigenvalue weighted by Gasteiger charge is 2.39. The molecule has 1 aromatic rings. The Hall–Kier alpha value is -2.27. The minimum absolute atomic E-state index is 0.0481. The lowest BCUT2D eigenvalue weighted by Crippen LogP contribution is -2.50. The predicted octanol–water partition coefficient (Wildman–Crippen LogP) is 5.45. The van der Waals surface area contributed by atoms with Gasteiger partial charge in [-0.3, -0.25) is 9.59 Å². The van der Waals surface area contributed by atoms with Gasteiger partial charge in [-0.15, -0.1) is 24.9 Å². The van der Waals surface area contributed by atoms with Crippen molar-refractivity contribution in [1.29, 1.82) is 0 Å². The summed E-state index contributed by atoms with van der Waals surface area (Å²) in [6, 6.07) is 8.71. The Kier molecular flexibility index (Phi) is 8.41. The lowest BCUT2D eigenvalue weighted by Gasteiger charge is -2.41. The van der Waals surface area contributed by atoms with E-state index in [1.54, 1.807) is 11.8 Å². The van der Waals surface area contributed by atoms with E-state index in [1.165, 1.54) is 16.0 Å². The second-order valence-electron chi connectivity index (χ2n) is 9.14. The van der Waals surface area contributed by atoms with Gasteiger partial charge in [0.25, 0.3) is 0 Å². The minimum Gasteiger partial charge on any atom is -0.350 e. The fraction of sp³-hybridized carbons (Fsp3) is 0.481. The van der Waals surface area contributed by atoms with E-state index in [0.717, 1.165) is 32.1 Å². The summed E-state index contributed by atoms with van der Waals surface area (Å²) in [5, 5.41) is 3.22. The third-order valence-corrected chi connectivity index (χ3v) is 7.42. The van der Waals surface area contributed by atoms with E-state index in [4.69, 9.17) is 0 Å². The Morgan fingerprint density at radius 3 is 2.56 bits per heavy atom. The Morgan fingerprint density at radius 1 is 1.25 bits per heavy atom. The molecule has 0 aliphatic carbocycles. The largest absolute Gasteiger partial charge is 0.350 e. The van der Waals surface area contributed by atoms with Crippen LogP contribution in [0.15, 0.2) is 66.1 Å². The van der Waals surface area contributed by atoms with Crippen LogP contribution in [0.3, 0.4) is 0 Å². The smallest absolute Gasteiger partial charge is 0.223 e. The van der Waals surface area contributed by atoms with Crippen LogP contribution in [0.5, 0.6) is 0 Å². The first kappa shape index (κ1) is 24.4. The summed E-state index contributed by atoms with van der Waals surface area (Å²) < 4.78 is 0. The molecule has 0 radical (unpaired) electrons. The number of carbonyl (C=O) groups is 2. The highest BCUT2D eigenvalue weighted by molar-refractivity contribution is 7.98. The lowest BCUT2D eigenvalue weighted by molar-refractivity contribution is -0.136. The summed E-state index contributed by atoms with van der Waals surface area (Å²) >= 11 is 1.72. The van der Waals surface area contributed by atoms with Gasteiger partial charge in [-0.05, 0) is 69.4 Å². The second-order valence-corrected chi connectivity index (χ2v) is 10.0. The van der Waals surface area contributed by atoms with Crippen molar-refractivity contribution in [2.45, 2.75) is 80.8 Å². The Morgan fingerprint density at radius 2 is 1.97 bits per heavy atom. The number of hydrogen-bond acceptors (Lipinski definition) is 3. The van der Waals surface area contributed by atoms with Crippen LogP contribution in [-0.4, -0.2) is 40.6 Å². The van der Waals surface area contributed by atoms with Crippen molar-refractivity contribution in [2.75, 3.05) is 6.26 Å². The van der Waals surface area contributed by atoms with Crippen LogP contribution in [0.4, 0.5) is 0 Å². The van der Waals surface area contributed by atoms with Gasteiger partial charge in [-0.2, -0.15) is 0 Å². The van der Waals surface area contributed by atoms with Crippen LogP contribution < -0.4 is 5.32 Å². The maximum Gasteiger partial charge on any atom is 0.223 e. The minimum atomic E-state index is -0.350. The lowest BCUT2D eigenvalue weighted by atomic mass is 9.84. The van der Waals surface area contributed by atoms with Gasteiger partial charge >= 0.3 is 0 Å². The Labute approximate surface area is 197 Å². The van der Waals surface area contributed by atoms with Crippen LogP contribution in [0.25, 0.3) is 0 Å². The van der Waals surface area contributed by atoms with Crippen molar-refractivity contribution in [3.63, 3.8) is 0 Å². The summed E-state index contributed by atoms with van der Waals surface area (Å²) in [5.74, 6) is 0.245. The number of hydrogen-bond donors (Lipinski definition) is 1. The molecule has 3 atom stereocenters. The van der Waals surface area contributed by atoms with Gasteiger partial charge in [0, 0.05) is 29.3 Å². The molecule has 0 spiro atoms. The predicted molar refractivity (Wildman–Crippen MR) is 134 cm³/mol. The van der Waals surface area contributed by atoms with Crippen molar-refractivity contribution >= 4 is 23.6 Å². The monoisotopic (exact) mass is 452 g/mol. The maximum atomic E-state index is 13.5.